The molecule has 0 unspecified atom stereocenters. The van der Waals surface area contributed by atoms with Crippen LogP contribution in [0.1, 0.15) is 21.6 Å². The van der Waals surface area contributed by atoms with Crippen LogP contribution in [0.25, 0.3) is 11.1 Å². The van der Waals surface area contributed by atoms with E-state index in [1.165, 1.54) is 23.0 Å². The summed E-state index contributed by atoms with van der Waals surface area (Å²) in [7, 11) is 0. The fourth-order valence-electron chi connectivity index (χ4n) is 3.28. The van der Waals surface area contributed by atoms with E-state index < -0.39 is 17.6 Å². The summed E-state index contributed by atoms with van der Waals surface area (Å²) in [4.78, 5) is 12.6. The van der Waals surface area contributed by atoms with Crippen molar-refractivity contribution in [1.29, 1.82) is 0 Å². The molecule has 3 N–H and O–H groups in total. The van der Waals surface area contributed by atoms with E-state index in [1.54, 1.807) is 12.1 Å². The van der Waals surface area contributed by atoms with Crippen molar-refractivity contribution in [3.8, 4) is 11.1 Å². The lowest BCUT2D eigenvalue weighted by molar-refractivity contribution is -0.137. The number of nitrogens with one attached hydrogen (secondary N) is 1. The van der Waals surface area contributed by atoms with E-state index in [4.69, 9.17) is 5.73 Å². The lowest BCUT2D eigenvalue weighted by Crippen LogP contribution is -2.14. The van der Waals surface area contributed by atoms with Gasteiger partial charge in [-0.05, 0) is 47.4 Å². The van der Waals surface area contributed by atoms with Crippen molar-refractivity contribution in [2.45, 2.75) is 19.1 Å². The Hall–Kier alpha value is -4.14. The average molecular weight is 451 g/mol. The number of carbonyl (C=O) groups excluding carboxylic acids is 1. The maximum absolute atomic E-state index is 12.7. The van der Waals surface area contributed by atoms with Gasteiger partial charge in [-0.15, -0.1) is 5.10 Å². The maximum atomic E-state index is 12.7. The van der Waals surface area contributed by atoms with Crippen molar-refractivity contribution in [3.63, 3.8) is 0 Å². The Labute approximate surface area is 187 Å². The summed E-state index contributed by atoms with van der Waals surface area (Å²) < 4.78 is 39.5. The highest BCUT2D eigenvalue weighted by atomic mass is 19.4. The van der Waals surface area contributed by atoms with Crippen LogP contribution in [0.5, 0.6) is 0 Å². The number of nitrogen functional groups attached to an aromatic ring is 1. The van der Waals surface area contributed by atoms with E-state index >= 15 is 0 Å². The predicted molar refractivity (Wildman–Crippen MR) is 119 cm³/mol. The van der Waals surface area contributed by atoms with E-state index in [0.29, 0.717) is 24.3 Å². The summed E-state index contributed by atoms with van der Waals surface area (Å²) in [6.07, 6.45) is -2.44. The smallest absolute Gasteiger partial charge is 0.397 e. The standard InChI is InChI=1S/C24H20F3N5O/c25-24(26,27)19-9-6-16(7-10-19)12-13-32-15-22(30-31-32)23(33)29-21-14-18(8-11-20(21)28)17-4-2-1-3-5-17/h1-11,14-15H,12-13,28H2,(H,29,33). The minimum absolute atomic E-state index is 0.104. The molecule has 0 radical (unpaired) electrons. The number of rotatable bonds is 6. The third kappa shape index (κ3) is 5.38. The van der Waals surface area contributed by atoms with E-state index in [-0.39, 0.29) is 5.69 Å². The quantitative estimate of drug-likeness (QED) is 0.402. The van der Waals surface area contributed by atoms with Crippen LogP contribution in [0, 0.1) is 0 Å². The lowest BCUT2D eigenvalue weighted by Gasteiger charge is -2.10. The third-order valence-corrected chi connectivity index (χ3v) is 5.09. The first kappa shape index (κ1) is 22.1. The van der Waals surface area contributed by atoms with E-state index in [9.17, 15) is 18.0 Å². The zero-order valence-electron chi connectivity index (χ0n) is 17.4. The van der Waals surface area contributed by atoms with E-state index in [1.807, 2.05) is 36.4 Å². The second-order valence-corrected chi connectivity index (χ2v) is 7.43. The summed E-state index contributed by atoms with van der Waals surface area (Å²) in [6, 6.07) is 20.0. The molecule has 0 aliphatic rings. The molecule has 4 rings (SSSR count). The van der Waals surface area contributed by atoms with Crippen LogP contribution < -0.4 is 11.1 Å². The van der Waals surface area contributed by atoms with Gasteiger partial charge in [0.25, 0.3) is 5.91 Å². The summed E-state index contributed by atoms with van der Waals surface area (Å²) in [5.74, 6) is -0.465. The van der Waals surface area contributed by atoms with Crippen molar-refractivity contribution in [2.75, 3.05) is 11.1 Å². The monoisotopic (exact) mass is 451 g/mol. The maximum Gasteiger partial charge on any atom is 0.416 e. The number of aromatic nitrogens is 3. The molecule has 1 aromatic heterocycles. The second-order valence-electron chi connectivity index (χ2n) is 7.43. The van der Waals surface area contributed by atoms with Crippen LogP contribution in [-0.4, -0.2) is 20.9 Å². The number of amides is 1. The van der Waals surface area contributed by atoms with E-state index in [2.05, 4.69) is 15.6 Å². The van der Waals surface area contributed by atoms with Gasteiger partial charge in [0.05, 0.1) is 23.1 Å². The molecule has 1 amide bonds. The van der Waals surface area contributed by atoms with Crippen molar-refractivity contribution >= 4 is 17.3 Å². The first-order valence-electron chi connectivity index (χ1n) is 10.1. The van der Waals surface area contributed by atoms with Gasteiger partial charge < -0.3 is 11.1 Å². The Morgan fingerprint density at radius 3 is 2.39 bits per heavy atom. The van der Waals surface area contributed by atoms with Crippen molar-refractivity contribution in [2.24, 2.45) is 0 Å². The van der Waals surface area contributed by atoms with Crippen LogP contribution in [0.4, 0.5) is 24.5 Å². The van der Waals surface area contributed by atoms with Crippen molar-refractivity contribution in [3.05, 3.63) is 95.8 Å². The van der Waals surface area contributed by atoms with Gasteiger partial charge in [-0.2, -0.15) is 13.2 Å². The molecule has 6 nitrogen and oxygen atoms in total. The van der Waals surface area contributed by atoms with Gasteiger partial charge >= 0.3 is 6.18 Å². The van der Waals surface area contributed by atoms with Gasteiger partial charge in [-0.1, -0.05) is 53.7 Å². The number of aryl methyl sites for hydroxylation is 2. The molecular weight excluding hydrogens is 431 g/mol. The van der Waals surface area contributed by atoms with Crippen LogP contribution in [0.3, 0.4) is 0 Å². The molecule has 0 saturated heterocycles. The molecule has 0 aliphatic heterocycles. The molecule has 0 fully saturated rings. The second kappa shape index (κ2) is 9.15. The minimum atomic E-state index is -4.36. The summed E-state index contributed by atoms with van der Waals surface area (Å²) in [5.41, 5.74) is 8.92. The molecule has 0 saturated carbocycles. The highest BCUT2D eigenvalue weighted by Gasteiger charge is 2.29. The Morgan fingerprint density at radius 2 is 1.70 bits per heavy atom. The molecular formula is C24H20F3N5O. The van der Waals surface area contributed by atoms with Gasteiger partial charge in [-0.3, -0.25) is 9.48 Å². The molecule has 4 aromatic rings. The number of benzene rings is 3. The molecule has 0 spiro atoms. The average Bonchev–Trinajstić information content (AvgIpc) is 3.29. The molecule has 168 valence electrons. The number of alkyl halides is 3. The summed E-state index contributed by atoms with van der Waals surface area (Å²) in [6.45, 7) is 0.358. The predicted octanol–water partition coefficient (Wildman–Crippen LogP) is 5.04. The zero-order valence-corrected chi connectivity index (χ0v) is 17.4. The number of nitrogens with zero attached hydrogens (tertiary/aromatic N) is 3. The first-order chi connectivity index (χ1) is 15.8. The number of hydrogen-bond donors (Lipinski definition) is 2. The molecule has 33 heavy (non-hydrogen) atoms. The van der Waals surface area contributed by atoms with Crippen molar-refractivity contribution < 1.29 is 18.0 Å². The molecule has 0 bridgehead atoms. The minimum Gasteiger partial charge on any atom is -0.397 e. The Balaban J connectivity index is 1.40. The summed E-state index contributed by atoms with van der Waals surface area (Å²) in [5, 5.41) is 10.6. The number of carbonyl (C=O) groups is 1. The molecule has 9 heteroatoms. The number of halogens is 3. The molecule has 1 heterocycles. The highest BCUT2D eigenvalue weighted by Crippen LogP contribution is 2.29. The fourth-order valence-corrected chi connectivity index (χ4v) is 3.28. The highest BCUT2D eigenvalue weighted by molar-refractivity contribution is 6.04. The van der Waals surface area contributed by atoms with Crippen LogP contribution in [-0.2, 0) is 19.1 Å². The normalized spacial score (nSPS) is 11.4. The van der Waals surface area contributed by atoms with Gasteiger partial charge in [0.1, 0.15) is 0 Å². The van der Waals surface area contributed by atoms with Crippen molar-refractivity contribution in [1.82, 2.24) is 15.0 Å². The number of nitrogens with two attached hydrogens (primary N) is 1. The largest absolute Gasteiger partial charge is 0.416 e. The van der Waals surface area contributed by atoms with Crippen LogP contribution >= 0.6 is 0 Å². The summed E-state index contributed by atoms with van der Waals surface area (Å²) >= 11 is 0. The SMILES string of the molecule is Nc1ccc(-c2ccccc2)cc1NC(=O)c1cn(CCc2ccc(C(F)(F)F)cc2)nn1. The van der Waals surface area contributed by atoms with Gasteiger partial charge in [0.2, 0.25) is 0 Å². The molecule has 0 aliphatic carbocycles. The van der Waals surface area contributed by atoms with Gasteiger partial charge in [-0.25, -0.2) is 0 Å². The van der Waals surface area contributed by atoms with Crippen LogP contribution in [0.2, 0.25) is 0 Å². The Bertz CT molecular complexity index is 1250. The first-order valence-corrected chi connectivity index (χ1v) is 10.1. The Morgan fingerprint density at radius 1 is 0.970 bits per heavy atom. The zero-order chi connectivity index (χ0) is 23.4. The molecule has 3 aromatic carbocycles. The van der Waals surface area contributed by atoms with Crippen LogP contribution in [0.15, 0.2) is 79.0 Å². The number of hydrogen-bond acceptors (Lipinski definition) is 4. The van der Waals surface area contributed by atoms with Gasteiger partial charge in [0, 0.05) is 6.54 Å². The third-order valence-electron chi connectivity index (χ3n) is 5.09. The number of anilines is 2. The van der Waals surface area contributed by atoms with Gasteiger partial charge in [0.15, 0.2) is 5.69 Å². The lowest BCUT2D eigenvalue weighted by atomic mass is 10.0. The fraction of sp³-hybridized carbons (Fsp3) is 0.125. The molecule has 0 atom stereocenters. The topological polar surface area (TPSA) is 85.8 Å². The van der Waals surface area contributed by atoms with E-state index in [0.717, 1.165) is 28.8 Å². The Kier molecular flexibility index (Phi) is 6.12.